The molecule has 0 saturated heterocycles. The van der Waals surface area contributed by atoms with Gasteiger partial charge < -0.3 is 19.1 Å². The predicted octanol–water partition coefficient (Wildman–Crippen LogP) is 3.59. The summed E-state index contributed by atoms with van der Waals surface area (Å²) in [6.45, 7) is 0. The van der Waals surface area contributed by atoms with Gasteiger partial charge in [-0.15, -0.1) is 0 Å². The van der Waals surface area contributed by atoms with E-state index in [0.717, 1.165) is 16.8 Å². The summed E-state index contributed by atoms with van der Waals surface area (Å²) in [7, 11) is 4.98. The Kier molecular flexibility index (Phi) is 5.26. The van der Waals surface area contributed by atoms with Gasteiger partial charge in [-0.2, -0.15) is 0 Å². The van der Waals surface area contributed by atoms with E-state index in [1.807, 2.05) is 29.8 Å². The molecule has 0 radical (unpaired) electrons. The number of benzene rings is 2. The Morgan fingerprint density at radius 3 is 2.56 bits per heavy atom. The number of aromatic hydroxyl groups is 1. The van der Waals surface area contributed by atoms with Crippen LogP contribution in [0.15, 0.2) is 48.6 Å². The number of imidazole rings is 1. The summed E-state index contributed by atoms with van der Waals surface area (Å²) in [4.78, 5) is 16.6. The Balaban J connectivity index is 1.75. The zero-order valence-electron chi connectivity index (χ0n) is 15.3. The van der Waals surface area contributed by atoms with Gasteiger partial charge in [0.1, 0.15) is 11.6 Å². The number of carbonyl (C=O) groups excluding carboxylic acids is 1. The molecule has 3 aromatic rings. The molecule has 1 N–H and O–H groups in total. The van der Waals surface area contributed by atoms with Crippen LogP contribution in [-0.2, 0) is 11.8 Å². The largest absolute Gasteiger partial charge is 0.504 e. The van der Waals surface area contributed by atoms with E-state index in [2.05, 4.69) is 4.98 Å². The second-order valence-electron chi connectivity index (χ2n) is 5.88. The highest BCUT2D eigenvalue weighted by atomic mass is 16.5. The highest BCUT2D eigenvalue weighted by molar-refractivity contribution is 6.04. The van der Waals surface area contributed by atoms with E-state index in [1.165, 1.54) is 25.3 Å². The topological polar surface area (TPSA) is 73.6 Å². The number of hydrogen-bond acceptors (Lipinski definition) is 5. The first-order chi connectivity index (χ1) is 13.0. The summed E-state index contributed by atoms with van der Waals surface area (Å²) in [5.74, 6) is 1.63. The third-order valence-corrected chi connectivity index (χ3v) is 4.16. The number of methoxy groups -OCH3 is 2. The lowest BCUT2D eigenvalue weighted by Gasteiger charge is -2.02. The van der Waals surface area contributed by atoms with Gasteiger partial charge in [0, 0.05) is 13.1 Å². The third kappa shape index (κ3) is 4.00. The molecule has 1 heterocycles. The molecule has 0 amide bonds. The molecule has 0 aliphatic carbocycles. The number of phenolic OH excluding ortho intramolecular Hbond substituents is 1. The van der Waals surface area contributed by atoms with Gasteiger partial charge in [0.2, 0.25) is 0 Å². The van der Waals surface area contributed by atoms with Crippen molar-refractivity contribution in [3.8, 4) is 17.2 Å². The quantitative estimate of drug-likeness (QED) is 0.677. The lowest BCUT2D eigenvalue weighted by molar-refractivity contribution is -0.110. The first kappa shape index (κ1) is 18.3. The first-order valence-corrected chi connectivity index (χ1v) is 8.29. The van der Waals surface area contributed by atoms with Crippen molar-refractivity contribution in [3.63, 3.8) is 0 Å². The average Bonchev–Trinajstić information content (AvgIpc) is 2.99. The van der Waals surface area contributed by atoms with Crippen molar-refractivity contribution in [1.82, 2.24) is 9.55 Å². The molecule has 0 bridgehead atoms. The van der Waals surface area contributed by atoms with Gasteiger partial charge in [0.05, 0.1) is 25.3 Å². The Morgan fingerprint density at radius 2 is 1.85 bits per heavy atom. The summed E-state index contributed by atoms with van der Waals surface area (Å²) in [6, 6.07) is 10.6. The van der Waals surface area contributed by atoms with Crippen molar-refractivity contribution in [2.75, 3.05) is 14.2 Å². The van der Waals surface area contributed by atoms with Crippen LogP contribution in [-0.4, -0.2) is 34.7 Å². The summed E-state index contributed by atoms with van der Waals surface area (Å²) < 4.78 is 12.1. The van der Waals surface area contributed by atoms with Gasteiger partial charge in [0.15, 0.2) is 17.3 Å². The van der Waals surface area contributed by atoms with Gasteiger partial charge in [-0.05, 0) is 48.1 Å². The molecule has 138 valence electrons. The molecule has 0 aliphatic heterocycles. The maximum absolute atomic E-state index is 12.1. The van der Waals surface area contributed by atoms with E-state index in [9.17, 15) is 9.90 Å². The van der Waals surface area contributed by atoms with Crippen LogP contribution >= 0.6 is 0 Å². The zero-order valence-corrected chi connectivity index (χ0v) is 15.3. The summed E-state index contributed by atoms with van der Waals surface area (Å²) in [5.41, 5.74) is 2.45. The molecule has 2 aromatic carbocycles. The van der Waals surface area contributed by atoms with Crippen LogP contribution in [0, 0.1) is 0 Å². The summed E-state index contributed by atoms with van der Waals surface area (Å²) >= 11 is 0. The predicted molar refractivity (Wildman–Crippen MR) is 105 cm³/mol. The SMILES string of the molecule is COc1ccc2c(c1)nc(/C=C/C(=O)/C=C/c1ccc(OC)c(O)c1)n2C. The molecule has 0 fully saturated rings. The van der Waals surface area contributed by atoms with E-state index in [-0.39, 0.29) is 11.5 Å². The maximum Gasteiger partial charge on any atom is 0.178 e. The summed E-state index contributed by atoms with van der Waals surface area (Å²) in [6.07, 6.45) is 6.19. The van der Waals surface area contributed by atoms with Crippen molar-refractivity contribution in [1.29, 1.82) is 0 Å². The number of ketones is 1. The smallest absolute Gasteiger partial charge is 0.178 e. The van der Waals surface area contributed by atoms with Gasteiger partial charge in [-0.3, -0.25) is 4.79 Å². The number of fused-ring (bicyclic) bond motifs is 1. The fourth-order valence-electron chi connectivity index (χ4n) is 2.68. The Morgan fingerprint density at radius 1 is 1.07 bits per heavy atom. The van der Waals surface area contributed by atoms with Crippen molar-refractivity contribution in [2.24, 2.45) is 7.05 Å². The zero-order chi connectivity index (χ0) is 19.4. The molecule has 1 aromatic heterocycles. The van der Waals surface area contributed by atoms with Crippen molar-refractivity contribution in [2.45, 2.75) is 0 Å². The Bertz CT molecular complexity index is 1050. The number of allylic oxidation sites excluding steroid dienone is 2. The number of aryl methyl sites for hydroxylation is 1. The van der Waals surface area contributed by atoms with Gasteiger partial charge >= 0.3 is 0 Å². The average molecular weight is 364 g/mol. The van der Waals surface area contributed by atoms with Crippen molar-refractivity contribution >= 4 is 29.0 Å². The number of hydrogen-bond donors (Lipinski definition) is 1. The number of rotatable bonds is 6. The number of ether oxygens (including phenoxy) is 2. The minimum atomic E-state index is -0.185. The number of phenols is 1. The number of nitrogens with zero attached hydrogens (tertiary/aromatic N) is 2. The molecule has 0 spiro atoms. The second kappa shape index (κ2) is 7.78. The van der Waals surface area contributed by atoms with E-state index < -0.39 is 0 Å². The third-order valence-electron chi connectivity index (χ3n) is 4.16. The van der Waals surface area contributed by atoms with E-state index in [0.29, 0.717) is 17.1 Å². The highest BCUT2D eigenvalue weighted by Crippen LogP contribution is 2.26. The standard InChI is InChI=1S/C21H20N2O4/c1-23-18-9-8-16(26-2)13-17(18)22-21(23)11-7-15(24)6-4-14-5-10-20(27-3)19(25)12-14/h4-13,25H,1-3H3/b6-4+,11-7+. The Labute approximate surface area is 157 Å². The maximum atomic E-state index is 12.1. The Hall–Kier alpha value is -3.54. The normalized spacial score (nSPS) is 11.5. The first-order valence-electron chi connectivity index (χ1n) is 8.29. The molecule has 0 saturated carbocycles. The molecule has 3 rings (SSSR count). The van der Waals surface area contributed by atoms with Crippen LogP contribution in [0.3, 0.4) is 0 Å². The van der Waals surface area contributed by atoms with E-state index >= 15 is 0 Å². The minimum absolute atomic E-state index is 0.0257. The fourth-order valence-corrected chi connectivity index (χ4v) is 2.68. The number of carbonyl (C=O) groups is 1. The summed E-state index contributed by atoms with van der Waals surface area (Å²) in [5, 5.41) is 9.77. The van der Waals surface area contributed by atoms with Crippen molar-refractivity contribution < 1.29 is 19.4 Å². The van der Waals surface area contributed by atoms with Crippen LogP contribution < -0.4 is 9.47 Å². The van der Waals surface area contributed by atoms with Gasteiger partial charge in [-0.25, -0.2) is 4.98 Å². The molecule has 6 heteroatoms. The molecular weight excluding hydrogens is 344 g/mol. The van der Waals surface area contributed by atoms with Gasteiger partial charge in [-0.1, -0.05) is 12.1 Å². The van der Waals surface area contributed by atoms with Crippen molar-refractivity contribution in [3.05, 3.63) is 59.9 Å². The van der Waals surface area contributed by atoms with Crippen LogP contribution in [0.5, 0.6) is 17.2 Å². The molecule has 27 heavy (non-hydrogen) atoms. The number of aromatic nitrogens is 2. The molecule has 0 atom stereocenters. The van der Waals surface area contributed by atoms with Crippen LogP contribution in [0.4, 0.5) is 0 Å². The van der Waals surface area contributed by atoms with Crippen LogP contribution in [0.25, 0.3) is 23.2 Å². The lowest BCUT2D eigenvalue weighted by atomic mass is 10.1. The molecular formula is C21H20N2O4. The molecule has 0 unspecified atom stereocenters. The van der Waals surface area contributed by atoms with Crippen LogP contribution in [0.1, 0.15) is 11.4 Å². The highest BCUT2D eigenvalue weighted by Gasteiger charge is 2.06. The fraction of sp³-hybridized carbons (Fsp3) is 0.143. The molecule has 6 nitrogen and oxygen atoms in total. The van der Waals surface area contributed by atoms with Crippen LogP contribution in [0.2, 0.25) is 0 Å². The van der Waals surface area contributed by atoms with E-state index in [1.54, 1.807) is 31.4 Å². The minimum Gasteiger partial charge on any atom is -0.504 e. The molecule has 0 aliphatic rings. The lowest BCUT2D eigenvalue weighted by Crippen LogP contribution is -1.92. The van der Waals surface area contributed by atoms with Gasteiger partial charge in [0.25, 0.3) is 0 Å². The second-order valence-corrected chi connectivity index (χ2v) is 5.88. The van der Waals surface area contributed by atoms with E-state index in [4.69, 9.17) is 9.47 Å². The monoisotopic (exact) mass is 364 g/mol.